The first-order chi connectivity index (χ1) is 7.96. The molecule has 0 fully saturated rings. The van der Waals surface area contributed by atoms with Gasteiger partial charge in [-0.2, -0.15) is 5.10 Å². The van der Waals surface area contributed by atoms with Gasteiger partial charge >= 0.3 is 5.97 Å². The standard InChI is InChI=1S/C12H21N3O2/c1-5-9-6-10(15(3)14-9)7-12(2,8-13)11(16)17-4/h6H,5,7-8,13H2,1-4H3. The van der Waals surface area contributed by atoms with Gasteiger partial charge < -0.3 is 10.5 Å². The number of carbonyl (C=O) groups is 1. The molecule has 0 radical (unpaired) electrons. The molecule has 1 rings (SSSR count). The Labute approximate surface area is 102 Å². The zero-order valence-corrected chi connectivity index (χ0v) is 11.0. The topological polar surface area (TPSA) is 70.1 Å². The van der Waals surface area contributed by atoms with E-state index < -0.39 is 5.41 Å². The van der Waals surface area contributed by atoms with Crippen molar-refractivity contribution in [3.8, 4) is 0 Å². The second-order valence-electron chi connectivity index (χ2n) is 4.54. The van der Waals surface area contributed by atoms with Crippen LogP contribution in [0.25, 0.3) is 0 Å². The highest BCUT2D eigenvalue weighted by Gasteiger charge is 2.34. The summed E-state index contributed by atoms with van der Waals surface area (Å²) < 4.78 is 6.60. The molecule has 1 heterocycles. The molecule has 5 heteroatoms. The first-order valence-electron chi connectivity index (χ1n) is 5.77. The Balaban J connectivity index is 2.94. The van der Waals surface area contributed by atoms with Crippen LogP contribution >= 0.6 is 0 Å². The summed E-state index contributed by atoms with van der Waals surface area (Å²) in [4.78, 5) is 11.7. The lowest BCUT2D eigenvalue weighted by Gasteiger charge is -2.24. The van der Waals surface area contributed by atoms with E-state index in [9.17, 15) is 4.79 Å². The summed E-state index contributed by atoms with van der Waals surface area (Å²) >= 11 is 0. The second-order valence-corrected chi connectivity index (χ2v) is 4.54. The third kappa shape index (κ3) is 2.85. The minimum atomic E-state index is -0.687. The number of hydrogen-bond acceptors (Lipinski definition) is 4. The maximum atomic E-state index is 11.7. The highest BCUT2D eigenvalue weighted by molar-refractivity contribution is 5.76. The van der Waals surface area contributed by atoms with Gasteiger partial charge in [-0.05, 0) is 19.4 Å². The number of esters is 1. The fraction of sp³-hybridized carbons (Fsp3) is 0.667. The summed E-state index contributed by atoms with van der Waals surface area (Å²) in [5.41, 5.74) is 7.02. The maximum absolute atomic E-state index is 11.7. The minimum absolute atomic E-state index is 0.256. The van der Waals surface area contributed by atoms with Crippen molar-refractivity contribution in [2.45, 2.75) is 26.7 Å². The average Bonchev–Trinajstić information content (AvgIpc) is 2.68. The number of methoxy groups -OCH3 is 1. The molecule has 1 aromatic rings. The van der Waals surface area contributed by atoms with Crippen molar-refractivity contribution >= 4 is 5.97 Å². The van der Waals surface area contributed by atoms with Gasteiger partial charge in [0.15, 0.2) is 0 Å². The zero-order valence-electron chi connectivity index (χ0n) is 11.0. The number of nitrogens with zero attached hydrogens (tertiary/aromatic N) is 2. The molecular weight excluding hydrogens is 218 g/mol. The molecule has 1 unspecified atom stereocenters. The number of hydrogen-bond donors (Lipinski definition) is 1. The molecule has 0 aliphatic heterocycles. The van der Waals surface area contributed by atoms with Crippen LogP contribution in [-0.4, -0.2) is 29.4 Å². The molecule has 5 nitrogen and oxygen atoms in total. The van der Waals surface area contributed by atoms with Crippen LogP contribution in [-0.2, 0) is 29.4 Å². The predicted molar refractivity (Wildman–Crippen MR) is 65.5 cm³/mol. The highest BCUT2D eigenvalue weighted by Crippen LogP contribution is 2.23. The second kappa shape index (κ2) is 5.31. The summed E-state index contributed by atoms with van der Waals surface area (Å²) in [6.07, 6.45) is 1.42. The van der Waals surface area contributed by atoms with E-state index in [1.54, 1.807) is 4.68 Å². The summed E-state index contributed by atoms with van der Waals surface area (Å²) in [5.74, 6) is -0.278. The number of ether oxygens (including phenoxy) is 1. The van der Waals surface area contributed by atoms with Crippen LogP contribution in [0.4, 0.5) is 0 Å². The van der Waals surface area contributed by atoms with Crippen molar-refractivity contribution in [3.63, 3.8) is 0 Å². The van der Waals surface area contributed by atoms with Crippen molar-refractivity contribution in [1.29, 1.82) is 0 Å². The van der Waals surface area contributed by atoms with Crippen LogP contribution in [0, 0.1) is 5.41 Å². The Morgan fingerprint density at radius 2 is 2.29 bits per heavy atom. The van der Waals surface area contributed by atoms with Gasteiger partial charge in [0.2, 0.25) is 0 Å². The van der Waals surface area contributed by atoms with Crippen LogP contribution in [0.15, 0.2) is 6.07 Å². The molecule has 2 N–H and O–H groups in total. The van der Waals surface area contributed by atoms with Crippen molar-refractivity contribution in [3.05, 3.63) is 17.5 Å². The van der Waals surface area contributed by atoms with Gasteiger partial charge in [0, 0.05) is 25.7 Å². The Kier molecular flexibility index (Phi) is 4.28. The van der Waals surface area contributed by atoms with Crippen molar-refractivity contribution in [2.75, 3.05) is 13.7 Å². The Hall–Kier alpha value is -1.36. The number of aromatic nitrogens is 2. The van der Waals surface area contributed by atoms with Crippen LogP contribution < -0.4 is 5.73 Å². The first-order valence-corrected chi connectivity index (χ1v) is 5.77. The van der Waals surface area contributed by atoms with E-state index >= 15 is 0 Å². The van der Waals surface area contributed by atoms with Gasteiger partial charge in [-0.15, -0.1) is 0 Å². The van der Waals surface area contributed by atoms with Gasteiger partial charge in [0.1, 0.15) is 0 Å². The molecule has 17 heavy (non-hydrogen) atoms. The molecule has 0 aliphatic carbocycles. The normalized spacial score (nSPS) is 14.4. The van der Waals surface area contributed by atoms with Crippen molar-refractivity contribution in [2.24, 2.45) is 18.2 Å². The van der Waals surface area contributed by atoms with E-state index in [-0.39, 0.29) is 12.5 Å². The van der Waals surface area contributed by atoms with Gasteiger partial charge in [-0.25, -0.2) is 0 Å². The Morgan fingerprint density at radius 1 is 1.65 bits per heavy atom. The van der Waals surface area contributed by atoms with E-state index in [2.05, 4.69) is 12.0 Å². The van der Waals surface area contributed by atoms with Crippen molar-refractivity contribution in [1.82, 2.24) is 9.78 Å². The molecule has 1 aromatic heterocycles. The van der Waals surface area contributed by atoms with Gasteiger partial charge in [-0.3, -0.25) is 9.48 Å². The van der Waals surface area contributed by atoms with Crippen LogP contribution in [0.1, 0.15) is 25.2 Å². The number of nitrogens with two attached hydrogens (primary N) is 1. The maximum Gasteiger partial charge on any atom is 0.313 e. The predicted octanol–water partition coefficient (Wildman–Crippen LogP) is 0.663. The van der Waals surface area contributed by atoms with Gasteiger partial charge in [-0.1, -0.05) is 6.92 Å². The fourth-order valence-corrected chi connectivity index (χ4v) is 1.78. The molecule has 0 amide bonds. The van der Waals surface area contributed by atoms with Crippen LogP contribution in [0.5, 0.6) is 0 Å². The van der Waals surface area contributed by atoms with E-state index in [1.807, 2.05) is 20.0 Å². The monoisotopic (exact) mass is 239 g/mol. The van der Waals surface area contributed by atoms with E-state index in [1.165, 1.54) is 7.11 Å². The van der Waals surface area contributed by atoms with Crippen LogP contribution in [0.2, 0.25) is 0 Å². The molecule has 0 aliphatic rings. The van der Waals surface area contributed by atoms with Crippen LogP contribution in [0.3, 0.4) is 0 Å². The van der Waals surface area contributed by atoms with Gasteiger partial charge in [0.05, 0.1) is 18.2 Å². The van der Waals surface area contributed by atoms with Gasteiger partial charge in [0.25, 0.3) is 0 Å². The largest absolute Gasteiger partial charge is 0.469 e. The molecule has 0 spiro atoms. The smallest absolute Gasteiger partial charge is 0.313 e. The van der Waals surface area contributed by atoms with E-state index in [0.29, 0.717) is 6.42 Å². The molecular formula is C12H21N3O2. The molecule has 0 saturated carbocycles. The third-order valence-electron chi connectivity index (χ3n) is 3.09. The fourth-order valence-electron chi connectivity index (χ4n) is 1.78. The summed E-state index contributed by atoms with van der Waals surface area (Å²) in [5, 5.41) is 4.36. The number of carbonyl (C=O) groups excluding carboxylic acids is 1. The Morgan fingerprint density at radius 3 is 2.71 bits per heavy atom. The first kappa shape index (κ1) is 13.7. The SMILES string of the molecule is CCc1cc(CC(C)(CN)C(=O)OC)n(C)n1. The summed E-state index contributed by atoms with van der Waals surface area (Å²) in [7, 11) is 3.26. The van der Waals surface area contributed by atoms with E-state index in [4.69, 9.17) is 10.5 Å². The summed E-state index contributed by atoms with van der Waals surface area (Å²) in [6, 6.07) is 2.01. The lowest BCUT2D eigenvalue weighted by molar-refractivity contribution is -0.151. The third-order valence-corrected chi connectivity index (χ3v) is 3.09. The molecule has 0 aromatic carbocycles. The number of rotatable bonds is 5. The lowest BCUT2D eigenvalue weighted by Crippen LogP contribution is -2.39. The molecule has 1 atom stereocenters. The zero-order chi connectivity index (χ0) is 13.1. The highest BCUT2D eigenvalue weighted by atomic mass is 16.5. The summed E-state index contributed by atoms with van der Waals surface area (Å²) in [6.45, 7) is 4.12. The quantitative estimate of drug-likeness (QED) is 0.766. The molecule has 0 saturated heterocycles. The average molecular weight is 239 g/mol. The van der Waals surface area contributed by atoms with Crippen molar-refractivity contribution < 1.29 is 9.53 Å². The Bertz CT molecular complexity index is 400. The molecule has 0 bridgehead atoms. The lowest BCUT2D eigenvalue weighted by atomic mass is 9.85. The molecule has 96 valence electrons. The number of aryl methyl sites for hydroxylation is 2. The van der Waals surface area contributed by atoms with E-state index in [0.717, 1.165) is 17.8 Å². The minimum Gasteiger partial charge on any atom is -0.469 e.